The average molecular weight is 219 g/mol. The molecule has 1 rings (SSSR count). The molecule has 0 unspecified atom stereocenters. The van der Waals surface area contributed by atoms with E-state index in [4.69, 9.17) is 0 Å². The maximum absolute atomic E-state index is 11.9. The van der Waals surface area contributed by atoms with Crippen molar-refractivity contribution in [2.45, 2.75) is 33.6 Å². The number of benzene rings is 1. The Morgan fingerprint density at radius 3 is 2.38 bits per heavy atom. The van der Waals surface area contributed by atoms with Gasteiger partial charge in [-0.3, -0.25) is 4.79 Å². The lowest BCUT2D eigenvalue weighted by molar-refractivity contribution is -0.118. The first-order valence-corrected chi connectivity index (χ1v) is 6.00. The normalized spacial score (nSPS) is 10.5. The minimum Gasteiger partial charge on any atom is -0.312 e. The standard InChI is InChI=1S/C14H21NO/c1-4-14(16)15(11-10-12(2)3)13-8-6-5-7-9-13/h5-9,12H,4,10-11H2,1-3H3. The summed E-state index contributed by atoms with van der Waals surface area (Å²) in [6, 6.07) is 9.91. The second-order valence-corrected chi connectivity index (χ2v) is 4.42. The van der Waals surface area contributed by atoms with Crippen molar-refractivity contribution in [2.75, 3.05) is 11.4 Å². The van der Waals surface area contributed by atoms with E-state index in [0.717, 1.165) is 18.7 Å². The van der Waals surface area contributed by atoms with Crippen LogP contribution in [0.5, 0.6) is 0 Å². The number of hydrogen-bond donors (Lipinski definition) is 0. The number of para-hydroxylation sites is 1. The molecule has 0 atom stereocenters. The van der Waals surface area contributed by atoms with Gasteiger partial charge in [0.2, 0.25) is 5.91 Å². The van der Waals surface area contributed by atoms with Gasteiger partial charge in [0, 0.05) is 18.7 Å². The van der Waals surface area contributed by atoms with Crippen molar-refractivity contribution in [1.29, 1.82) is 0 Å². The molecule has 0 aliphatic heterocycles. The Balaban J connectivity index is 2.76. The van der Waals surface area contributed by atoms with Crippen LogP contribution in [0.15, 0.2) is 30.3 Å². The van der Waals surface area contributed by atoms with E-state index in [-0.39, 0.29) is 5.91 Å². The van der Waals surface area contributed by atoms with E-state index < -0.39 is 0 Å². The Bertz CT molecular complexity index is 319. The number of amides is 1. The quantitative estimate of drug-likeness (QED) is 0.742. The zero-order valence-corrected chi connectivity index (χ0v) is 10.4. The zero-order valence-electron chi connectivity index (χ0n) is 10.4. The van der Waals surface area contributed by atoms with Crippen LogP contribution in [0.25, 0.3) is 0 Å². The molecule has 1 aromatic rings. The number of carbonyl (C=O) groups is 1. The van der Waals surface area contributed by atoms with Crippen molar-refractivity contribution in [3.8, 4) is 0 Å². The average Bonchev–Trinajstić information content (AvgIpc) is 2.30. The summed E-state index contributed by atoms with van der Waals surface area (Å²) in [6.07, 6.45) is 1.60. The first-order valence-electron chi connectivity index (χ1n) is 6.00. The van der Waals surface area contributed by atoms with Crippen LogP contribution >= 0.6 is 0 Å². The highest BCUT2D eigenvalue weighted by Gasteiger charge is 2.13. The van der Waals surface area contributed by atoms with Gasteiger partial charge in [-0.1, -0.05) is 39.0 Å². The summed E-state index contributed by atoms with van der Waals surface area (Å²) in [7, 11) is 0. The first-order chi connectivity index (χ1) is 7.65. The molecule has 0 heterocycles. The lowest BCUT2D eigenvalue weighted by Crippen LogP contribution is -2.31. The van der Waals surface area contributed by atoms with Crippen LogP contribution in [0, 0.1) is 5.92 Å². The molecule has 0 aliphatic rings. The van der Waals surface area contributed by atoms with Gasteiger partial charge in [0.15, 0.2) is 0 Å². The van der Waals surface area contributed by atoms with E-state index in [1.54, 1.807) is 0 Å². The molecule has 0 radical (unpaired) electrons. The third-order valence-electron chi connectivity index (χ3n) is 2.60. The molecule has 0 spiro atoms. The van der Waals surface area contributed by atoms with Crippen molar-refractivity contribution < 1.29 is 4.79 Å². The van der Waals surface area contributed by atoms with Crippen LogP contribution in [0.1, 0.15) is 33.6 Å². The van der Waals surface area contributed by atoms with Gasteiger partial charge < -0.3 is 4.90 Å². The van der Waals surface area contributed by atoms with E-state index in [1.165, 1.54) is 0 Å². The minimum absolute atomic E-state index is 0.201. The van der Waals surface area contributed by atoms with Gasteiger partial charge >= 0.3 is 0 Å². The summed E-state index contributed by atoms with van der Waals surface area (Å²) in [5.74, 6) is 0.822. The summed E-state index contributed by atoms with van der Waals surface area (Å²) in [4.78, 5) is 13.7. The van der Waals surface area contributed by atoms with Gasteiger partial charge in [-0.15, -0.1) is 0 Å². The molecule has 16 heavy (non-hydrogen) atoms. The van der Waals surface area contributed by atoms with E-state index in [0.29, 0.717) is 12.3 Å². The maximum atomic E-state index is 11.9. The molecule has 2 heteroatoms. The van der Waals surface area contributed by atoms with Crippen molar-refractivity contribution in [3.63, 3.8) is 0 Å². The van der Waals surface area contributed by atoms with Gasteiger partial charge in [-0.2, -0.15) is 0 Å². The molecule has 1 amide bonds. The molecule has 0 bridgehead atoms. The van der Waals surface area contributed by atoms with E-state index in [9.17, 15) is 4.79 Å². The van der Waals surface area contributed by atoms with Crippen molar-refractivity contribution >= 4 is 11.6 Å². The molecule has 0 N–H and O–H groups in total. The SMILES string of the molecule is CCC(=O)N(CCC(C)C)c1ccccc1. The number of anilines is 1. The molecule has 0 aliphatic carbocycles. The molecule has 0 saturated heterocycles. The topological polar surface area (TPSA) is 20.3 Å². The number of rotatable bonds is 5. The second kappa shape index (κ2) is 6.31. The highest BCUT2D eigenvalue weighted by atomic mass is 16.2. The molecule has 0 saturated carbocycles. The van der Waals surface area contributed by atoms with E-state index >= 15 is 0 Å². The van der Waals surface area contributed by atoms with Crippen molar-refractivity contribution in [1.82, 2.24) is 0 Å². The Hall–Kier alpha value is -1.31. The Labute approximate surface area is 98.3 Å². The van der Waals surface area contributed by atoms with Crippen LogP contribution in [-0.2, 0) is 4.79 Å². The highest BCUT2D eigenvalue weighted by Crippen LogP contribution is 2.16. The predicted octanol–water partition coefficient (Wildman–Crippen LogP) is 3.48. The van der Waals surface area contributed by atoms with Gasteiger partial charge in [0.05, 0.1) is 0 Å². The molecular formula is C14H21NO. The minimum atomic E-state index is 0.201. The summed E-state index contributed by atoms with van der Waals surface area (Å²) in [6.45, 7) is 7.08. The lowest BCUT2D eigenvalue weighted by Gasteiger charge is -2.23. The van der Waals surface area contributed by atoms with Crippen LogP contribution in [0.3, 0.4) is 0 Å². The summed E-state index contributed by atoms with van der Waals surface area (Å²) >= 11 is 0. The number of nitrogens with zero attached hydrogens (tertiary/aromatic N) is 1. The molecule has 0 aromatic heterocycles. The lowest BCUT2D eigenvalue weighted by atomic mass is 10.1. The monoisotopic (exact) mass is 219 g/mol. The molecular weight excluding hydrogens is 198 g/mol. The largest absolute Gasteiger partial charge is 0.312 e. The van der Waals surface area contributed by atoms with E-state index in [2.05, 4.69) is 13.8 Å². The smallest absolute Gasteiger partial charge is 0.226 e. The molecule has 88 valence electrons. The summed E-state index contributed by atoms with van der Waals surface area (Å²) in [5, 5.41) is 0. The van der Waals surface area contributed by atoms with Crippen LogP contribution in [0.2, 0.25) is 0 Å². The third kappa shape index (κ3) is 3.69. The predicted molar refractivity (Wildman–Crippen MR) is 68.5 cm³/mol. The Morgan fingerprint density at radius 1 is 1.25 bits per heavy atom. The van der Waals surface area contributed by atoms with Crippen molar-refractivity contribution in [2.24, 2.45) is 5.92 Å². The van der Waals surface area contributed by atoms with E-state index in [1.807, 2.05) is 42.2 Å². The first kappa shape index (κ1) is 12.8. The van der Waals surface area contributed by atoms with Gasteiger partial charge in [0.1, 0.15) is 0 Å². The van der Waals surface area contributed by atoms with Crippen LogP contribution in [0.4, 0.5) is 5.69 Å². The van der Waals surface area contributed by atoms with Gasteiger partial charge in [0.25, 0.3) is 0 Å². The zero-order chi connectivity index (χ0) is 12.0. The highest BCUT2D eigenvalue weighted by molar-refractivity contribution is 5.93. The molecule has 2 nitrogen and oxygen atoms in total. The fraction of sp³-hybridized carbons (Fsp3) is 0.500. The van der Waals surface area contributed by atoms with Crippen LogP contribution in [-0.4, -0.2) is 12.5 Å². The molecule has 0 fully saturated rings. The maximum Gasteiger partial charge on any atom is 0.226 e. The Kier molecular flexibility index (Phi) is 5.03. The van der Waals surface area contributed by atoms with Gasteiger partial charge in [-0.25, -0.2) is 0 Å². The van der Waals surface area contributed by atoms with Gasteiger partial charge in [-0.05, 0) is 24.5 Å². The summed E-state index contributed by atoms with van der Waals surface area (Å²) < 4.78 is 0. The second-order valence-electron chi connectivity index (χ2n) is 4.42. The van der Waals surface area contributed by atoms with Crippen molar-refractivity contribution in [3.05, 3.63) is 30.3 Å². The number of hydrogen-bond acceptors (Lipinski definition) is 1. The Morgan fingerprint density at radius 2 is 1.88 bits per heavy atom. The molecule has 1 aromatic carbocycles. The fourth-order valence-electron chi connectivity index (χ4n) is 1.58. The fourth-order valence-corrected chi connectivity index (χ4v) is 1.58. The third-order valence-corrected chi connectivity index (χ3v) is 2.60. The van der Waals surface area contributed by atoms with Crippen LogP contribution < -0.4 is 4.90 Å². The number of carbonyl (C=O) groups excluding carboxylic acids is 1. The summed E-state index contributed by atoms with van der Waals surface area (Å²) in [5.41, 5.74) is 1.01.